The lowest BCUT2D eigenvalue weighted by molar-refractivity contribution is -0.172. The van der Waals surface area contributed by atoms with Crippen molar-refractivity contribution in [1.29, 1.82) is 0 Å². The average Bonchev–Trinajstić information content (AvgIpc) is 3.09. The van der Waals surface area contributed by atoms with Crippen LogP contribution in [-0.2, 0) is 19.5 Å². The van der Waals surface area contributed by atoms with Crippen molar-refractivity contribution in [3.8, 4) is 0 Å². The zero-order valence-electron chi connectivity index (χ0n) is 12.9. The maximum absolute atomic E-state index is 12.4. The number of hydroxylamine groups is 4. The van der Waals surface area contributed by atoms with Gasteiger partial charge in [-0.3, -0.25) is 14.6 Å². The average molecular weight is 364 g/mol. The monoisotopic (exact) mass is 364 g/mol. The number of carbonyl (C=O) groups is 2. The lowest BCUT2D eigenvalue weighted by atomic mass is 10.00. The van der Waals surface area contributed by atoms with Crippen LogP contribution >= 0.6 is 0 Å². The first-order chi connectivity index (χ1) is 11.3. The Bertz CT molecular complexity index is 621. The molecule has 3 rings (SSSR count). The number of nitrogens with zero attached hydrogens (tertiary/aromatic N) is 3. The zero-order chi connectivity index (χ0) is 17.5. The Morgan fingerprint density at radius 3 is 2.75 bits per heavy atom. The fourth-order valence-electron chi connectivity index (χ4n) is 3.47. The number of urea groups is 1. The molecule has 3 fully saturated rings. The lowest BCUT2D eigenvalue weighted by Crippen LogP contribution is -2.52. The molecule has 3 amide bonds. The van der Waals surface area contributed by atoms with E-state index >= 15 is 0 Å². The Morgan fingerprint density at radius 1 is 1.38 bits per heavy atom. The van der Waals surface area contributed by atoms with Crippen LogP contribution in [0.25, 0.3) is 0 Å². The Labute approximate surface area is 139 Å². The highest BCUT2D eigenvalue weighted by Crippen LogP contribution is 2.31. The second-order valence-electron chi connectivity index (χ2n) is 6.22. The molecule has 0 aliphatic carbocycles. The molecule has 0 spiro atoms. The molecule has 0 aromatic carbocycles. The van der Waals surface area contributed by atoms with Gasteiger partial charge in [0.2, 0.25) is 0 Å². The number of amides is 3. The Morgan fingerprint density at radius 2 is 2.12 bits per heavy atom. The minimum atomic E-state index is -4.82. The molecular weight excluding hydrogens is 344 g/mol. The standard InChI is InChI=1S/C12H20N4O7S/c17-11(15(19)6-8-2-1-5-13-8)10-4-3-9-7-14(10)12(18)16(9)23-24(20,21)22/h8-10,13,19H,1-7H2,(H,20,21,22)/t8-,9-,10+/m1/s1. The van der Waals surface area contributed by atoms with Gasteiger partial charge in [-0.05, 0) is 32.2 Å². The molecule has 3 atom stereocenters. The zero-order valence-corrected chi connectivity index (χ0v) is 13.7. The van der Waals surface area contributed by atoms with Crippen LogP contribution in [0, 0.1) is 0 Å². The van der Waals surface area contributed by atoms with Gasteiger partial charge in [0.05, 0.1) is 12.6 Å². The van der Waals surface area contributed by atoms with Crippen LogP contribution in [0.5, 0.6) is 0 Å². The quantitative estimate of drug-likeness (QED) is 0.319. The van der Waals surface area contributed by atoms with Gasteiger partial charge in [-0.25, -0.2) is 9.86 Å². The molecule has 3 heterocycles. The number of hydrogen-bond acceptors (Lipinski definition) is 7. The van der Waals surface area contributed by atoms with Crippen LogP contribution in [0.1, 0.15) is 25.7 Å². The summed E-state index contributed by atoms with van der Waals surface area (Å²) in [6.45, 7) is 1.07. The van der Waals surface area contributed by atoms with E-state index in [0.717, 1.165) is 24.3 Å². The molecule has 3 aliphatic heterocycles. The van der Waals surface area contributed by atoms with Gasteiger partial charge in [-0.2, -0.15) is 13.5 Å². The van der Waals surface area contributed by atoms with Gasteiger partial charge in [-0.15, -0.1) is 4.28 Å². The molecule has 0 saturated carbocycles. The van der Waals surface area contributed by atoms with E-state index in [1.165, 1.54) is 0 Å². The highest BCUT2D eigenvalue weighted by Gasteiger charge is 2.50. The normalized spacial score (nSPS) is 30.1. The van der Waals surface area contributed by atoms with Gasteiger partial charge in [0.25, 0.3) is 5.91 Å². The predicted molar refractivity (Wildman–Crippen MR) is 77.9 cm³/mol. The fraction of sp³-hybridized carbons (Fsp3) is 0.833. The Kier molecular flexibility index (Phi) is 4.66. The summed E-state index contributed by atoms with van der Waals surface area (Å²) in [5.41, 5.74) is 0. The third kappa shape index (κ3) is 3.47. The predicted octanol–water partition coefficient (Wildman–Crippen LogP) is -1.04. The number of hydrogen-bond donors (Lipinski definition) is 3. The molecule has 0 aromatic heterocycles. The van der Waals surface area contributed by atoms with Crippen molar-refractivity contribution in [2.75, 3.05) is 19.6 Å². The first-order valence-corrected chi connectivity index (χ1v) is 9.13. The van der Waals surface area contributed by atoms with E-state index in [-0.39, 0.29) is 25.6 Å². The molecule has 12 heteroatoms. The van der Waals surface area contributed by atoms with E-state index in [9.17, 15) is 23.2 Å². The molecule has 11 nitrogen and oxygen atoms in total. The van der Waals surface area contributed by atoms with Gasteiger partial charge in [0, 0.05) is 12.6 Å². The SMILES string of the molecule is O=C([C@@H]1CC[C@@H]2CN1C(=O)N2OS(=O)(=O)O)N(O)C[C@H]1CCCN1. The smallest absolute Gasteiger partial charge is 0.312 e. The maximum Gasteiger partial charge on any atom is 0.418 e. The molecule has 0 unspecified atom stereocenters. The van der Waals surface area contributed by atoms with E-state index in [1.54, 1.807) is 0 Å². The summed E-state index contributed by atoms with van der Waals surface area (Å²) in [7, 11) is -4.82. The van der Waals surface area contributed by atoms with E-state index in [0.29, 0.717) is 16.5 Å². The molecule has 3 aliphatic rings. The van der Waals surface area contributed by atoms with E-state index < -0.39 is 34.4 Å². The lowest BCUT2D eigenvalue weighted by Gasteiger charge is -2.32. The van der Waals surface area contributed by atoms with Gasteiger partial charge < -0.3 is 10.2 Å². The van der Waals surface area contributed by atoms with Crippen LogP contribution in [0.15, 0.2) is 0 Å². The number of carbonyl (C=O) groups excluding carboxylic acids is 2. The Hall–Kier alpha value is -1.47. The summed E-state index contributed by atoms with van der Waals surface area (Å²) >= 11 is 0. The number of piperidine rings is 1. The van der Waals surface area contributed by atoms with Crippen molar-refractivity contribution in [1.82, 2.24) is 20.3 Å². The van der Waals surface area contributed by atoms with Gasteiger partial charge in [0.15, 0.2) is 0 Å². The Balaban J connectivity index is 1.65. The molecule has 3 saturated heterocycles. The number of nitrogens with one attached hydrogen (secondary N) is 1. The van der Waals surface area contributed by atoms with Gasteiger partial charge in [-0.1, -0.05) is 0 Å². The summed E-state index contributed by atoms with van der Waals surface area (Å²) in [6, 6.07) is -2.24. The third-order valence-electron chi connectivity index (χ3n) is 4.59. The third-order valence-corrected chi connectivity index (χ3v) is 4.94. The summed E-state index contributed by atoms with van der Waals surface area (Å²) in [6.07, 6.45) is 2.43. The highest BCUT2D eigenvalue weighted by atomic mass is 32.3. The summed E-state index contributed by atoms with van der Waals surface area (Å²) in [5, 5.41) is 14.4. The van der Waals surface area contributed by atoms with Crippen LogP contribution in [0.2, 0.25) is 0 Å². The van der Waals surface area contributed by atoms with Crippen molar-refractivity contribution >= 4 is 22.3 Å². The minimum absolute atomic E-state index is 0.0175. The van der Waals surface area contributed by atoms with Crippen LogP contribution in [0.3, 0.4) is 0 Å². The summed E-state index contributed by atoms with van der Waals surface area (Å²) in [4.78, 5) is 25.8. The van der Waals surface area contributed by atoms with Crippen molar-refractivity contribution in [2.24, 2.45) is 0 Å². The number of rotatable bonds is 5. The molecule has 24 heavy (non-hydrogen) atoms. The number of fused-ring (bicyclic) bond motifs is 2. The van der Waals surface area contributed by atoms with Crippen molar-refractivity contribution in [2.45, 2.75) is 43.8 Å². The van der Waals surface area contributed by atoms with Crippen molar-refractivity contribution in [3.05, 3.63) is 0 Å². The van der Waals surface area contributed by atoms with E-state index in [1.807, 2.05) is 0 Å². The van der Waals surface area contributed by atoms with Crippen LogP contribution in [-0.4, -0.2) is 82.9 Å². The maximum atomic E-state index is 12.4. The van der Waals surface area contributed by atoms with Crippen LogP contribution in [0.4, 0.5) is 4.79 Å². The summed E-state index contributed by atoms with van der Waals surface area (Å²) in [5.74, 6) is -0.607. The minimum Gasteiger partial charge on any atom is -0.312 e. The molecule has 136 valence electrons. The van der Waals surface area contributed by atoms with Crippen LogP contribution < -0.4 is 5.32 Å². The van der Waals surface area contributed by atoms with Gasteiger partial charge >= 0.3 is 16.4 Å². The topological polar surface area (TPSA) is 140 Å². The van der Waals surface area contributed by atoms with Crippen molar-refractivity contribution < 1.29 is 32.1 Å². The second kappa shape index (κ2) is 6.44. The molecule has 3 N–H and O–H groups in total. The molecular formula is C12H20N4O7S. The largest absolute Gasteiger partial charge is 0.418 e. The van der Waals surface area contributed by atoms with Gasteiger partial charge in [0.1, 0.15) is 6.04 Å². The molecule has 0 aromatic rings. The first kappa shape index (κ1) is 17.4. The fourth-order valence-corrected chi connectivity index (χ4v) is 3.86. The van der Waals surface area contributed by atoms with E-state index in [2.05, 4.69) is 9.60 Å². The van der Waals surface area contributed by atoms with Crippen molar-refractivity contribution in [3.63, 3.8) is 0 Å². The summed E-state index contributed by atoms with van der Waals surface area (Å²) < 4.78 is 34.7. The first-order valence-electron chi connectivity index (χ1n) is 7.77. The second-order valence-corrected chi connectivity index (χ2v) is 7.23. The molecule has 0 radical (unpaired) electrons. The highest BCUT2D eigenvalue weighted by molar-refractivity contribution is 7.80. The molecule has 2 bridgehead atoms. The van der Waals surface area contributed by atoms with E-state index in [4.69, 9.17) is 4.55 Å².